The van der Waals surface area contributed by atoms with E-state index in [1.807, 2.05) is 0 Å². The monoisotopic (exact) mass is 576 g/mol. The predicted molar refractivity (Wildman–Crippen MR) is 148 cm³/mol. The molecule has 0 bridgehead atoms. The van der Waals surface area contributed by atoms with E-state index in [2.05, 4.69) is 34.6 Å². The van der Waals surface area contributed by atoms with E-state index in [1.54, 1.807) is 0 Å². The molecular weight excluding hydrogens is 528 g/mol. The van der Waals surface area contributed by atoms with Crippen LogP contribution in [0.4, 0.5) is 0 Å². The molecule has 9 nitrogen and oxygen atoms in total. The van der Waals surface area contributed by atoms with Gasteiger partial charge in [0.2, 0.25) is 6.79 Å². The van der Waals surface area contributed by atoms with Crippen molar-refractivity contribution < 1.29 is 42.9 Å². The lowest BCUT2D eigenvalue weighted by molar-refractivity contribution is -0.237. The number of Topliss-reactive ketones (excluding diaryl/α,β-unsaturated/α-hetero) is 1. The summed E-state index contributed by atoms with van der Waals surface area (Å²) < 4.78 is 20.8. The van der Waals surface area contributed by atoms with Crippen LogP contribution in [0.1, 0.15) is 106 Å². The summed E-state index contributed by atoms with van der Waals surface area (Å²) in [5.41, 5.74) is -2.32. The Hall–Kier alpha value is -2.45. The first-order valence-electron chi connectivity index (χ1n) is 15.1. The number of fused-ring (bicyclic) bond motifs is 5. The van der Waals surface area contributed by atoms with Crippen LogP contribution < -0.4 is 0 Å². The number of methoxy groups -OCH3 is 1. The fraction of sp³-hybridized carbons (Fsp3) is 0.844. The predicted octanol–water partition coefficient (Wildman–Crippen LogP) is 5.17. The molecule has 0 spiro atoms. The van der Waals surface area contributed by atoms with E-state index in [-0.39, 0.29) is 52.4 Å². The van der Waals surface area contributed by atoms with Gasteiger partial charge in [-0.3, -0.25) is 24.0 Å². The zero-order chi connectivity index (χ0) is 30.6. The van der Waals surface area contributed by atoms with Crippen LogP contribution in [-0.2, 0) is 42.9 Å². The van der Waals surface area contributed by atoms with Gasteiger partial charge in [-0.15, -0.1) is 0 Å². The van der Waals surface area contributed by atoms with E-state index < -0.39 is 36.0 Å². The summed E-state index contributed by atoms with van der Waals surface area (Å²) in [6, 6.07) is 0. The molecule has 0 saturated heterocycles. The lowest BCUT2D eigenvalue weighted by atomic mass is 9.33. The van der Waals surface area contributed by atoms with Gasteiger partial charge in [0.05, 0.1) is 13.5 Å². The van der Waals surface area contributed by atoms with Gasteiger partial charge < -0.3 is 18.9 Å². The van der Waals surface area contributed by atoms with Crippen LogP contribution in [0.5, 0.6) is 0 Å². The minimum atomic E-state index is -1.66. The molecule has 9 heteroatoms. The Morgan fingerprint density at radius 2 is 1.46 bits per heavy atom. The van der Waals surface area contributed by atoms with Gasteiger partial charge in [0.1, 0.15) is 11.5 Å². The van der Waals surface area contributed by atoms with Gasteiger partial charge in [-0.25, -0.2) is 0 Å². The van der Waals surface area contributed by atoms with Crippen molar-refractivity contribution in [3.05, 3.63) is 0 Å². The van der Waals surface area contributed by atoms with Crippen LogP contribution in [0.25, 0.3) is 0 Å². The van der Waals surface area contributed by atoms with E-state index in [0.717, 1.165) is 32.1 Å². The van der Waals surface area contributed by atoms with Crippen molar-refractivity contribution in [2.45, 2.75) is 112 Å². The number of rotatable bonds is 6. The van der Waals surface area contributed by atoms with Crippen LogP contribution in [0.15, 0.2) is 0 Å². The smallest absolute Gasteiger partial charge is 0.323 e. The maximum atomic E-state index is 14.4. The first kappa shape index (κ1) is 31.5. The molecule has 8 atom stereocenters. The number of esters is 4. The highest BCUT2D eigenvalue weighted by Gasteiger charge is 2.71. The van der Waals surface area contributed by atoms with Crippen molar-refractivity contribution in [2.75, 3.05) is 13.9 Å². The molecule has 4 aliphatic rings. The Kier molecular flexibility index (Phi) is 8.20. The van der Waals surface area contributed by atoms with Crippen LogP contribution in [0.3, 0.4) is 0 Å². The molecule has 4 fully saturated rings. The second kappa shape index (κ2) is 10.7. The number of ketones is 1. The van der Waals surface area contributed by atoms with Gasteiger partial charge in [0, 0.05) is 25.2 Å². The zero-order valence-corrected chi connectivity index (χ0v) is 26.1. The number of ether oxygens (including phenoxy) is 4. The quantitative estimate of drug-likeness (QED) is 0.182. The third-order valence-electron chi connectivity index (χ3n) is 12.5. The molecule has 0 radical (unpaired) electrons. The summed E-state index contributed by atoms with van der Waals surface area (Å²) in [6.45, 7) is 13.5. The molecule has 230 valence electrons. The lowest BCUT2D eigenvalue weighted by Gasteiger charge is -2.71. The summed E-state index contributed by atoms with van der Waals surface area (Å²) in [6.07, 6.45) is 5.45. The van der Waals surface area contributed by atoms with Crippen LogP contribution in [-0.4, -0.2) is 49.7 Å². The molecule has 0 unspecified atom stereocenters. The molecule has 4 rings (SSSR count). The standard InChI is InChI=1S/C32H48O9/c1-19(33)39-18-40-27(37)32(17-25(35)38-8)16-15-30(6)21(26(32)36)9-10-23-29(5)13-12-24(41-20(2)34)28(3,4)22(29)11-14-31(23,30)7/h21-24H,9-18H2,1-8H3/t21-,22+,23-,24+,29+,30-,31-,32-/m1/s1. The van der Waals surface area contributed by atoms with Crippen LogP contribution in [0, 0.1) is 44.8 Å². The van der Waals surface area contributed by atoms with Crippen molar-refractivity contribution in [1.82, 2.24) is 0 Å². The first-order chi connectivity index (χ1) is 19.0. The highest BCUT2D eigenvalue weighted by Crippen LogP contribution is 2.74. The van der Waals surface area contributed by atoms with Crippen LogP contribution in [0.2, 0.25) is 0 Å². The minimum absolute atomic E-state index is 0.0215. The average Bonchev–Trinajstić information content (AvgIpc) is 2.87. The Bertz CT molecular complexity index is 1110. The molecule has 0 N–H and O–H groups in total. The Morgan fingerprint density at radius 1 is 0.780 bits per heavy atom. The van der Waals surface area contributed by atoms with E-state index in [4.69, 9.17) is 18.9 Å². The van der Waals surface area contributed by atoms with Gasteiger partial charge in [-0.2, -0.15) is 0 Å². The molecule has 0 heterocycles. The van der Waals surface area contributed by atoms with Crippen molar-refractivity contribution in [2.24, 2.45) is 44.8 Å². The lowest BCUT2D eigenvalue weighted by Crippen LogP contribution is -2.67. The molecule has 0 amide bonds. The van der Waals surface area contributed by atoms with Gasteiger partial charge in [0.15, 0.2) is 5.78 Å². The maximum Gasteiger partial charge on any atom is 0.323 e. The largest absolute Gasteiger partial charge is 0.469 e. The van der Waals surface area contributed by atoms with Crippen molar-refractivity contribution >= 4 is 29.7 Å². The first-order valence-corrected chi connectivity index (χ1v) is 15.1. The summed E-state index contributed by atoms with van der Waals surface area (Å²) in [5, 5.41) is 0. The number of hydrogen-bond acceptors (Lipinski definition) is 9. The van der Waals surface area contributed by atoms with E-state index >= 15 is 0 Å². The SMILES string of the molecule is COC(=O)C[C@]1(C(=O)OCOC(C)=O)CC[C@]2(C)[C@H](CC[C@@H]3[C@@]4(C)CC[C@H](OC(C)=O)C(C)(C)[C@@H]4CC[C@]32C)C1=O. The van der Waals surface area contributed by atoms with Gasteiger partial charge in [0.25, 0.3) is 0 Å². The van der Waals surface area contributed by atoms with Crippen molar-refractivity contribution in [3.63, 3.8) is 0 Å². The van der Waals surface area contributed by atoms with Crippen molar-refractivity contribution in [1.29, 1.82) is 0 Å². The molecule has 0 aromatic heterocycles. The second-order valence-electron chi connectivity index (χ2n) is 14.5. The fourth-order valence-corrected chi connectivity index (χ4v) is 10.2. The molecule has 4 saturated carbocycles. The molecular formula is C32H48O9. The Balaban J connectivity index is 1.65. The summed E-state index contributed by atoms with van der Waals surface area (Å²) in [5.74, 6) is -2.24. The number of hydrogen-bond donors (Lipinski definition) is 0. The third kappa shape index (κ3) is 4.79. The molecule has 41 heavy (non-hydrogen) atoms. The normalized spacial score (nSPS) is 41.1. The maximum absolute atomic E-state index is 14.4. The molecule has 0 aromatic rings. The Morgan fingerprint density at radius 3 is 2.07 bits per heavy atom. The molecule has 0 aliphatic heterocycles. The topological polar surface area (TPSA) is 122 Å². The fourth-order valence-electron chi connectivity index (χ4n) is 10.2. The summed E-state index contributed by atoms with van der Waals surface area (Å²) >= 11 is 0. The molecule has 0 aromatic carbocycles. The van der Waals surface area contributed by atoms with E-state index in [0.29, 0.717) is 24.7 Å². The van der Waals surface area contributed by atoms with Gasteiger partial charge in [-0.05, 0) is 79.4 Å². The minimum Gasteiger partial charge on any atom is -0.469 e. The van der Waals surface area contributed by atoms with Gasteiger partial charge in [-0.1, -0.05) is 34.6 Å². The summed E-state index contributed by atoms with van der Waals surface area (Å²) in [4.78, 5) is 63.5. The van der Waals surface area contributed by atoms with E-state index in [1.165, 1.54) is 21.0 Å². The van der Waals surface area contributed by atoms with Crippen molar-refractivity contribution in [3.8, 4) is 0 Å². The summed E-state index contributed by atoms with van der Waals surface area (Å²) in [7, 11) is 1.24. The highest BCUT2D eigenvalue weighted by atomic mass is 16.7. The number of carbonyl (C=O) groups is 5. The Labute approximate surface area is 243 Å². The van der Waals surface area contributed by atoms with E-state index in [9.17, 15) is 24.0 Å². The third-order valence-corrected chi connectivity index (χ3v) is 12.5. The van der Waals surface area contributed by atoms with Crippen LogP contribution >= 0.6 is 0 Å². The van der Waals surface area contributed by atoms with Gasteiger partial charge >= 0.3 is 23.9 Å². The zero-order valence-electron chi connectivity index (χ0n) is 26.1. The molecule has 4 aliphatic carbocycles. The highest BCUT2D eigenvalue weighted by molar-refractivity contribution is 6.08. The number of carbonyl (C=O) groups excluding carboxylic acids is 5. The second-order valence-corrected chi connectivity index (χ2v) is 14.5. The average molecular weight is 577 g/mol.